The SMILES string of the molecule is Cc1ccn(CCOC(=O)Nc2ccc(Cl)cc2)n1. The van der Waals surface area contributed by atoms with E-state index in [0.29, 0.717) is 17.3 Å². The lowest BCUT2D eigenvalue weighted by atomic mass is 10.3. The molecule has 0 radical (unpaired) electrons. The van der Waals surface area contributed by atoms with Gasteiger partial charge in [0, 0.05) is 16.9 Å². The van der Waals surface area contributed by atoms with Crippen molar-refractivity contribution in [2.45, 2.75) is 13.5 Å². The van der Waals surface area contributed by atoms with E-state index in [9.17, 15) is 4.79 Å². The van der Waals surface area contributed by atoms with Crippen molar-refractivity contribution in [1.29, 1.82) is 0 Å². The normalized spacial score (nSPS) is 10.2. The van der Waals surface area contributed by atoms with Gasteiger partial charge in [-0.2, -0.15) is 5.10 Å². The molecule has 0 fully saturated rings. The Balaban J connectivity index is 1.74. The number of amides is 1. The summed E-state index contributed by atoms with van der Waals surface area (Å²) in [5.41, 5.74) is 1.58. The number of aromatic nitrogens is 2. The zero-order valence-corrected chi connectivity index (χ0v) is 11.2. The lowest BCUT2D eigenvalue weighted by Gasteiger charge is -2.07. The molecular weight excluding hydrogens is 266 g/mol. The van der Waals surface area contributed by atoms with Crippen molar-refractivity contribution in [1.82, 2.24) is 9.78 Å². The van der Waals surface area contributed by atoms with Crippen molar-refractivity contribution in [2.24, 2.45) is 0 Å². The Morgan fingerprint density at radius 2 is 2.11 bits per heavy atom. The molecule has 2 rings (SSSR count). The molecular formula is C13H14ClN3O2. The number of anilines is 1. The van der Waals surface area contributed by atoms with E-state index in [-0.39, 0.29) is 6.61 Å². The maximum absolute atomic E-state index is 11.5. The fourth-order valence-electron chi connectivity index (χ4n) is 1.51. The van der Waals surface area contributed by atoms with Gasteiger partial charge in [-0.25, -0.2) is 4.79 Å². The minimum Gasteiger partial charge on any atom is -0.447 e. The fourth-order valence-corrected chi connectivity index (χ4v) is 1.63. The molecule has 1 heterocycles. The molecule has 0 aliphatic heterocycles. The highest BCUT2D eigenvalue weighted by Crippen LogP contribution is 2.13. The number of ether oxygens (including phenoxy) is 1. The van der Waals surface area contributed by atoms with Crippen molar-refractivity contribution >= 4 is 23.4 Å². The second-order valence-electron chi connectivity index (χ2n) is 3.99. The van der Waals surface area contributed by atoms with Gasteiger partial charge in [0.1, 0.15) is 6.61 Å². The van der Waals surface area contributed by atoms with Gasteiger partial charge in [-0.05, 0) is 37.3 Å². The molecule has 6 heteroatoms. The number of carbonyl (C=O) groups excluding carboxylic acids is 1. The monoisotopic (exact) mass is 279 g/mol. The van der Waals surface area contributed by atoms with Crippen molar-refractivity contribution in [3.8, 4) is 0 Å². The minimum absolute atomic E-state index is 0.264. The lowest BCUT2D eigenvalue weighted by molar-refractivity contribution is 0.155. The third-order valence-corrected chi connectivity index (χ3v) is 2.67. The van der Waals surface area contributed by atoms with Crippen molar-refractivity contribution in [3.63, 3.8) is 0 Å². The lowest BCUT2D eigenvalue weighted by Crippen LogP contribution is -2.17. The molecule has 0 spiro atoms. The number of carbonyl (C=O) groups is 1. The quantitative estimate of drug-likeness (QED) is 0.936. The van der Waals surface area contributed by atoms with Crippen LogP contribution in [0.15, 0.2) is 36.5 Å². The Bertz CT molecular complexity index is 551. The van der Waals surface area contributed by atoms with Crippen LogP contribution in [0.25, 0.3) is 0 Å². The van der Waals surface area contributed by atoms with E-state index in [0.717, 1.165) is 5.69 Å². The second-order valence-corrected chi connectivity index (χ2v) is 4.42. The molecule has 1 amide bonds. The van der Waals surface area contributed by atoms with E-state index in [1.54, 1.807) is 28.9 Å². The van der Waals surface area contributed by atoms with E-state index < -0.39 is 6.09 Å². The van der Waals surface area contributed by atoms with Crippen LogP contribution < -0.4 is 5.32 Å². The summed E-state index contributed by atoms with van der Waals surface area (Å²) in [7, 11) is 0. The van der Waals surface area contributed by atoms with Crippen LogP contribution in [0.4, 0.5) is 10.5 Å². The highest BCUT2D eigenvalue weighted by atomic mass is 35.5. The summed E-state index contributed by atoms with van der Waals surface area (Å²) in [4.78, 5) is 11.5. The van der Waals surface area contributed by atoms with E-state index in [2.05, 4.69) is 10.4 Å². The van der Waals surface area contributed by atoms with E-state index in [1.165, 1.54) is 0 Å². The van der Waals surface area contributed by atoms with Crippen LogP contribution in [-0.4, -0.2) is 22.5 Å². The van der Waals surface area contributed by atoms with Gasteiger partial charge in [0.25, 0.3) is 0 Å². The van der Waals surface area contributed by atoms with Gasteiger partial charge in [-0.15, -0.1) is 0 Å². The average Bonchev–Trinajstić information content (AvgIpc) is 2.78. The maximum atomic E-state index is 11.5. The van der Waals surface area contributed by atoms with Gasteiger partial charge < -0.3 is 4.74 Å². The Morgan fingerprint density at radius 1 is 1.37 bits per heavy atom. The Labute approximate surface area is 116 Å². The standard InChI is InChI=1S/C13H14ClN3O2/c1-10-6-7-17(16-10)8-9-19-13(18)15-12-4-2-11(14)3-5-12/h2-7H,8-9H2,1H3,(H,15,18). The van der Waals surface area contributed by atoms with Crippen LogP contribution in [0.5, 0.6) is 0 Å². The number of benzene rings is 1. The molecule has 100 valence electrons. The molecule has 0 aliphatic carbocycles. The first-order valence-corrected chi connectivity index (χ1v) is 6.21. The van der Waals surface area contributed by atoms with Crippen LogP contribution in [-0.2, 0) is 11.3 Å². The van der Waals surface area contributed by atoms with E-state index >= 15 is 0 Å². The number of hydrogen-bond acceptors (Lipinski definition) is 3. The maximum Gasteiger partial charge on any atom is 0.411 e. The van der Waals surface area contributed by atoms with Crippen molar-refractivity contribution < 1.29 is 9.53 Å². The molecule has 0 saturated carbocycles. The Kier molecular flexibility index (Phi) is 4.41. The predicted octanol–water partition coefficient (Wildman–Crippen LogP) is 3.09. The van der Waals surface area contributed by atoms with E-state index in [4.69, 9.17) is 16.3 Å². The molecule has 5 nitrogen and oxygen atoms in total. The molecule has 1 N–H and O–H groups in total. The first-order chi connectivity index (χ1) is 9.13. The summed E-state index contributed by atoms with van der Waals surface area (Å²) in [6.45, 7) is 2.70. The summed E-state index contributed by atoms with van der Waals surface area (Å²) >= 11 is 5.75. The Morgan fingerprint density at radius 3 is 2.74 bits per heavy atom. The summed E-state index contributed by atoms with van der Waals surface area (Å²) < 4.78 is 6.77. The molecule has 19 heavy (non-hydrogen) atoms. The zero-order chi connectivity index (χ0) is 13.7. The average molecular weight is 280 g/mol. The smallest absolute Gasteiger partial charge is 0.411 e. The van der Waals surface area contributed by atoms with Gasteiger partial charge in [-0.3, -0.25) is 10.00 Å². The van der Waals surface area contributed by atoms with Crippen molar-refractivity contribution in [3.05, 3.63) is 47.2 Å². The third-order valence-electron chi connectivity index (χ3n) is 2.42. The highest BCUT2D eigenvalue weighted by Gasteiger charge is 2.03. The number of nitrogens with zero attached hydrogens (tertiary/aromatic N) is 2. The van der Waals surface area contributed by atoms with Crippen LogP contribution in [0.2, 0.25) is 5.02 Å². The molecule has 1 aromatic heterocycles. The van der Waals surface area contributed by atoms with Gasteiger partial charge in [-0.1, -0.05) is 11.6 Å². The first kappa shape index (κ1) is 13.4. The molecule has 0 atom stereocenters. The minimum atomic E-state index is -0.494. The number of aryl methyl sites for hydroxylation is 1. The zero-order valence-electron chi connectivity index (χ0n) is 10.5. The number of hydrogen-bond donors (Lipinski definition) is 1. The Hall–Kier alpha value is -2.01. The van der Waals surface area contributed by atoms with Crippen LogP contribution in [0.3, 0.4) is 0 Å². The van der Waals surface area contributed by atoms with Gasteiger partial charge in [0.15, 0.2) is 0 Å². The third kappa shape index (κ3) is 4.30. The molecule has 0 aliphatic rings. The first-order valence-electron chi connectivity index (χ1n) is 5.83. The fraction of sp³-hybridized carbons (Fsp3) is 0.231. The molecule has 1 aromatic carbocycles. The van der Waals surface area contributed by atoms with Crippen LogP contribution in [0, 0.1) is 6.92 Å². The van der Waals surface area contributed by atoms with Gasteiger partial charge >= 0.3 is 6.09 Å². The number of halogens is 1. The summed E-state index contributed by atoms with van der Waals surface area (Å²) in [5.74, 6) is 0. The van der Waals surface area contributed by atoms with Crippen LogP contribution in [0.1, 0.15) is 5.69 Å². The van der Waals surface area contributed by atoms with Crippen LogP contribution >= 0.6 is 11.6 Å². The second kappa shape index (κ2) is 6.24. The van der Waals surface area contributed by atoms with Gasteiger partial charge in [0.2, 0.25) is 0 Å². The molecule has 0 unspecified atom stereocenters. The van der Waals surface area contributed by atoms with E-state index in [1.807, 2.05) is 19.2 Å². The largest absolute Gasteiger partial charge is 0.447 e. The highest BCUT2D eigenvalue weighted by molar-refractivity contribution is 6.30. The summed E-state index contributed by atoms with van der Waals surface area (Å²) in [5, 5.41) is 7.42. The number of rotatable bonds is 4. The molecule has 2 aromatic rings. The molecule has 0 bridgehead atoms. The predicted molar refractivity (Wildman–Crippen MR) is 73.4 cm³/mol. The number of nitrogens with one attached hydrogen (secondary N) is 1. The summed E-state index contributed by atoms with van der Waals surface area (Å²) in [6, 6.07) is 8.71. The van der Waals surface area contributed by atoms with Crippen molar-refractivity contribution in [2.75, 3.05) is 11.9 Å². The summed E-state index contributed by atoms with van der Waals surface area (Å²) in [6.07, 6.45) is 1.35. The topological polar surface area (TPSA) is 56.1 Å². The molecule has 0 saturated heterocycles. The van der Waals surface area contributed by atoms with Gasteiger partial charge in [0.05, 0.1) is 12.2 Å².